The number of nitrogens with zero attached hydrogens (tertiary/aromatic N) is 1. The van der Waals surface area contributed by atoms with Crippen LogP contribution in [0.3, 0.4) is 0 Å². The second kappa shape index (κ2) is 9.33. The Balaban J connectivity index is 0.00000261. The largest absolute Gasteiger partial charge is 0.350 e. The summed E-state index contributed by atoms with van der Waals surface area (Å²) in [5, 5.41) is 6.09. The molecule has 1 atom stereocenters. The lowest BCUT2D eigenvalue weighted by atomic mass is 9.94. The van der Waals surface area contributed by atoms with Crippen molar-refractivity contribution < 1.29 is 14.4 Å². The fraction of sp³-hybridized carbons (Fsp3) is 0.550. The summed E-state index contributed by atoms with van der Waals surface area (Å²) >= 11 is 0. The van der Waals surface area contributed by atoms with E-state index >= 15 is 0 Å². The minimum Gasteiger partial charge on any atom is -0.350 e. The molecule has 0 unspecified atom stereocenters. The zero-order valence-electron chi connectivity index (χ0n) is 15.9. The first kappa shape index (κ1) is 21.4. The summed E-state index contributed by atoms with van der Waals surface area (Å²) in [6.45, 7) is 5.35. The van der Waals surface area contributed by atoms with E-state index in [0.29, 0.717) is 23.2 Å². The molecule has 1 heterocycles. The average Bonchev–Trinajstić information content (AvgIpc) is 2.91. The number of rotatable bonds is 6. The average molecular weight is 394 g/mol. The van der Waals surface area contributed by atoms with Crippen LogP contribution >= 0.6 is 12.4 Å². The second-order valence-corrected chi connectivity index (χ2v) is 7.20. The van der Waals surface area contributed by atoms with E-state index in [1.807, 2.05) is 13.8 Å². The molecule has 0 saturated heterocycles. The summed E-state index contributed by atoms with van der Waals surface area (Å²) in [7, 11) is 0. The number of nitrogens with one attached hydrogen (secondary N) is 2. The predicted octanol–water partition coefficient (Wildman–Crippen LogP) is 2.76. The minimum absolute atomic E-state index is 0. The molecule has 1 saturated carbocycles. The molecule has 6 nitrogen and oxygen atoms in total. The van der Waals surface area contributed by atoms with E-state index < -0.39 is 0 Å². The van der Waals surface area contributed by atoms with Crippen molar-refractivity contribution in [2.24, 2.45) is 0 Å². The van der Waals surface area contributed by atoms with Gasteiger partial charge in [-0.05, 0) is 44.5 Å². The zero-order valence-corrected chi connectivity index (χ0v) is 16.7. The van der Waals surface area contributed by atoms with E-state index in [1.54, 1.807) is 18.2 Å². The molecule has 1 aliphatic carbocycles. The Labute approximate surface area is 166 Å². The highest BCUT2D eigenvalue weighted by atomic mass is 35.5. The van der Waals surface area contributed by atoms with E-state index in [0.717, 1.165) is 38.6 Å². The second-order valence-electron chi connectivity index (χ2n) is 7.20. The van der Waals surface area contributed by atoms with E-state index in [2.05, 4.69) is 10.6 Å². The summed E-state index contributed by atoms with van der Waals surface area (Å²) in [6.07, 6.45) is 5.02. The van der Waals surface area contributed by atoms with Crippen molar-refractivity contribution >= 4 is 30.1 Å². The molecule has 2 N–H and O–H groups in total. The number of hydrogen-bond acceptors (Lipinski definition) is 4. The van der Waals surface area contributed by atoms with Gasteiger partial charge in [0.15, 0.2) is 0 Å². The number of carbonyl (C=O) groups is 3. The number of benzene rings is 1. The molecule has 7 heteroatoms. The van der Waals surface area contributed by atoms with Crippen LogP contribution in [0.1, 0.15) is 77.0 Å². The fourth-order valence-corrected chi connectivity index (χ4v) is 3.84. The van der Waals surface area contributed by atoms with E-state index in [4.69, 9.17) is 0 Å². The van der Waals surface area contributed by atoms with Gasteiger partial charge in [-0.25, -0.2) is 0 Å². The van der Waals surface area contributed by atoms with Crippen molar-refractivity contribution in [1.29, 1.82) is 0 Å². The third kappa shape index (κ3) is 4.50. The molecular formula is C20H28ClN3O3. The summed E-state index contributed by atoms with van der Waals surface area (Å²) in [6, 6.07) is 4.96. The van der Waals surface area contributed by atoms with Crippen molar-refractivity contribution in [1.82, 2.24) is 15.5 Å². The van der Waals surface area contributed by atoms with E-state index in [9.17, 15) is 14.4 Å². The van der Waals surface area contributed by atoms with Gasteiger partial charge in [-0.15, -0.1) is 12.4 Å². The van der Waals surface area contributed by atoms with Gasteiger partial charge >= 0.3 is 0 Å². The van der Waals surface area contributed by atoms with Crippen LogP contribution in [0.4, 0.5) is 0 Å². The number of amides is 3. The molecule has 3 rings (SSSR count). The zero-order chi connectivity index (χ0) is 18.7. The molecule has 27 heavy (non-hydrogen) atoms. The van der Waals surface area contributed by atoms with Crippen LogP contribution in [0, 0.1) is 0 Å². The predicted molar refractivity (Wildman–Crippen MR) is 107 cm³/mol. The van der Waals surface area contributed by atoms with Crippen LogP contribution in [-0.2, 0) is 0 Å². The maximum atomic E-state index is 12.8. The molecule has 0 radical (unpaired) electrons. The molecule has 0 spiro atoms. The van der Waals surface area contributed by atoms with Gasteiger partial charge in [-0.2, -0.15) is 0 Å². The maximum absolute atomic E-state index is 12.8. The number of imide groups is 1. The minimum atomic E-state index is -0.257. The maximum Gasteiger partial charge on any atom is 0.261 e. The van der Waals surface area contributed by atoms with Crippen LogP contribution < -0.4 is 10.6 Å². The highest BCUT2D eigenvalue weighted by molar-refractivity contribution is 6.22. The van der Waals surface area contributed by atoms with Gasteiger partial charge < -0.3 is 10.6 Å². The Kier molecular flexibility index (Phi) is 7.39. The van der Waals surface area contributed by atoms with Crippen LogP contribution in [0.2, 0.25) is 0 Å². The van der Waals surface area contributed by atoms with Gasteiger partial charge in [0.2, 0.25) is 0 Å². The number of fused-ring (bicyclic) bond motifs is 1. The molecule has 148 valence electrons. The summed E-state index contributed by atoms with van der Waals surface area (Å²) < 4.78 is 0. The summed E-state index contributed by atoms with van der Waals surface area (Å²) in [5.41, 5.74) is 1.19. The molecule has 1 aliphatic heterocycles. The monoisotopic (exact) mass is 393 g/mol. The Morgan fingerprint density at radius 2 is 1.81 bits per heavy atom. The SMILES string of the molecule is CCN[C@H](C)CNC(=O)c1ccc2c(c1)C(=O)N(C1CCCCC1)C2=O.Cl. The topological polar surface area (TPSA) is 78.5 Å². The summed E-state index contributed by atoms with van der Waals surface area (Å²) in [4.78, 5) is 39.3. The molecule has 1 aromatic rings. The third-order valence-electron chi connectivity index (χ3n) is 5.24. The Morgan fingerprint density at radius 1 is 1.15 bits per heavy atom. The lowest BCUT2D eigenvalue weighted by molar-refractivity contribution is 0.0549. The molecule has 0 aromatic heterocycles. The Morgan fingerprint density at radius 3 is 2.48 bits per heavy atom. The van der Waals surface area contributed by atoms with Crippen molar-refractivity contribution in [3.63, 3.8) is 0 Å². The number of likely N-dealkylation sites (N-methyl/N-ethyl adjacent to an activating group) is 1. The molecule has 0 bridgehead atoms. The first-order valence-corrected chi connectivity index (χ1v) is 9.56. The third-order valence-corrected chi connectivity index (χ3v) is 5.24. The van der Waals surface area contributed by atoms with Gasteiger partial charge in [-0.1, -0.05) is 26.2 Å². The van der Waals surface area contributed by atoms with Crippen LogP contribution in [0.15, 0.2) is 18.2 Å². The molecular weight excluding hydrogens is 366 g/mol. The Bertz CT molecular complexity index is 716. The number of carbonyl (C=O) groups excluding carboxylic acids is 3. The van der Waals surface area contributed by atoms with Gasteiger partial charge in [0.05, 0.1) is 11.1 Å². The number of hydrogen-bond donors (Lipinski definition) is 2. The van der Waals surface area contributed by atoms with Crippen LogP contribution in [0.5, 0.6) is 0 Å². The van der Waals surface area contributed by atoms with E-state index in [-0.39, 0.29) is 42.2 Å². The quantitative estimate of drug-likeness (QED) is 0.728. The van der Waals surface area contributed by atoms with Gasteiger partial charge in [0.25, 0.3) is 17.7 Å². The Hall–Kier alpha value is -1.92. The van der Waals surface area contributed by atoms with Gasteiger partial charge in [-0.3, -0.25) is 19.3 Å². The normalized spacial score (nSPS) is 18.1. The van der Waals surface area contributed by atoms with Crippen molar-refractivity contribution in [2.45, 2.75) is 58.0 Å². The summed E-state index contributed by atoms with van der Waals surface area (Å²) in [5.74, 6) is -0.703. The lowest BCUT2D eigenvalue weighted by Crippen LogP contribution is -2.40. The van der Waals surface area contributed by atoms with Gasteiger partial charge in [0.1, 0.15) is 0 Å². The fourth-order valence-electron chi connectivity index (χ4n) is 3.84. The van der Waals surface area contributed by atoms with Crippen LogP contribution in [0.25, 0.3) is 0 Å². The lowest BCUT2D eigenvalue weighted by Gasteiger charge is -2.29. The first-order valence-electron chi connectivity index (χ1n) is 9.56. The first-order chi connectivity index (χ1) is 12.5. The smallest absolute Gasteiger partial charge is 0.261 e. The van der Waals surface area contributed by atoms with Crippen molar-refractivity contribution in [3.8, 4) is 0 Å². The molecule has 3 amide bonds. The van der Waals surface area contributed by atoms with Crippen LogP contribution in [-0.4, -0.2) is 47.8 Å². The molecule has 2 aliphatic rings. The van der Waals surface area contributed by atoms with E-state index in [1.165, 1.54) is 4.90 Å². The highest BCUT2D eigenvalue weighted by Crippen LogP contribution is 2.31. The number of halogens is 1. The molecule has 1 fully saturated rings. The standard InChI is InChI=1S/C20H27N3O3.ClH/c1-3-21-13(2)12-22-18(24)14-9-10-16-17(11-14)20(26)23(19(16)25)15-7-5-4-6-8-15;/h9-11,13,15,21H,3-8,12H2,1-2H3,(H,22,24);1H/t13-;/m1./s1. The van der Waals surface area contributed by atoms with Crippen molar-refractivity contribution in [2.75, 3.05) is 13.1 Å². The van der Waals surface area contributed by atoms with Gasteiger partial charge in [0, 0.05) is 24.2 Å². The van der Waals surface area contributed by atoms with Crippen molar-refractivity contribution in [3.05, 3.63) is 34.9 Å². The highest BCUT2D eigenvalue weighted by Gasteiger charge is 2.40. The molecule has 1 aromatic carbocycles.